The van der Waals surface area contributed by atoms with Crippen LogP contribution in [0.15, 0.2) is 93.0 Å². The summed E-state index contributed by atoms with van der Waals surface area (Å²) in [6.07, 6.45) is 0. The van der Waals surface area contributed by atoms with E-state index in [1.54, 1.807) is 54.6 Å². The van der Waals surface area contributed by atoms with Gasteiger partial charge in [-0.1, -0.05) is 48.2 Å². The minimum atomic E-state index is -0.581. The standard InChI is InChI=1S/C24H16FN5O3S/c25-14-10-11-19-17(12-14)23(33)30(15-6-2-1-3-7-15)24(27-19)34-13-20(31)28-29-21-16-8-4-5-9-18(16)26-22(21)32/h1-12,26,32H,13H2. The highest BCUT2D eigenvalue weighted by atomic mass is 32.2. The molecule has 0 aliphatic rings. The van der Waals surface area contributed by atoms with Crippen molar-refractivity contribution in [2.45, 2.75) is 5.16 Å². The molecule has 5 rings (SSSR count). The molecule has 0 aliphatic heterocycles. The number of hydrogen-bond acceptors (Lipinski definition) is 6. The second kappa shape index (κ2) is 8.91. The minimum absolute atomic E-state index is 0.133. The molecule has 2 N–H and O–H groups in total. The average Bonchev–Trinajstić information content (AvgIpc) is 3.17. The van der Waals surface area contributed by atoms with Gasteiger partial charge in [-0.2, -0.15) is 0 Å². The Labute approximate surface area is 195 Å². The molecule has 1 amide bonds. The van der Waals surface area contributed by atoms with E-state index in [1.165, 1.54) is 16.7 Å². The second-order valence-corrected chi connectivity index (χ2v) is 8.22. The van der Waals surface area contributed by atoms with Crippen LogP contribution >= 0.6 is 11.8 Å². The summed E-state index contributed by atoms with van der Waals surface area (Å²) >= 11 is 1.01. The van der Waals surface area contributed by atoms with Gasteiger partial charge in [-0.05, 0) is 36.4 Å². The molecule has 0 unspecified atom stereocenters. The molecule has 0 radical (unpaired) electrons. The van der Waals surface area contributed by atoms with Gasteiger partial charge in [0.05, 0.1) is 27.9 Å². The number of para-hydroxylation sites is 2. The van der Waals surface area contributed by atoms with Crippen molar-refractivity contribution < 1.29 is 14.3 Å². The van der Waals surface area contributed by atoms with Gasteiger partial charge in [0.15, 0.2) is 10.8 Å². The first-order valence-electron chi connectivity index (χ1n) is 10.2. The second-order valence-electron chi connectivity index (χ2n) is 7.28. The van der Waals surface area contributed by atoms with Crippen LogP contribution in [0, 0.1) is 5.82 Å². The molecule has 168 valence electrons. The van der Waals surface area contributed by atoms with Crippen molar-refractivity contribution in [1.29, 1.82) is 0 Å². The number of hydrogen-bond donors (Lipinski definition) is 2. The van der Waals surface area contributed by atoms with Crippen LogP contribution < -0.4 is 5.56 Å². The predicted octanol–water partition coefficient (Wildman–Crippen LogP) is 5.11. The molecule has 0 bridgehead atoms. The Morgan fingerprint density at radius 3 is 2.65 bits per heavy atom. The van der Waals surface area contributed by atoms with E-state index < -0.39 is 17.3 Å². The SMILES string of the molecule is O=C(CSc1nc2ccc(F)cc2c(=O)n1-c1ccccc1)N=Nc1c(O)[nH]c2ccccc12. The van der Waals surface area contributed by atoms with Crippen LogP contribution in [-0.4, -0.2) is 31.3 Å². The summed E-state index contributed by atoms with van der Waals surface area (Å²) in [4.78, 5) is 32.9. The van der Waals surface area contributed by atoms with Gasteiger partial charge in [0.1, 0.15) is 5.82 Å². The van der Waals surface area contributed by atoms with Crippen LogP contribution in [0.1, 0.15) is 0 Å². The number of benzene rings is 3. The Kier molecular flexibility index (Phi) is 5.64. The van der Waals surface area contributed by atoms with Crippen LogP contribution in [-0.2, 0) is 4.79 Å². The lowest BCUT2D eigenvalue weighted by atomic mass is 10.2. The molecule has 2 heterocycles. The fourth-order valence-corrected chi connectivity index (χ4v) is 4.30. The van der Waals surface area contributed by atoms with Crippen LogP contribution in [0.25, 0.3) is 27.5 Å². The van der Waals surface area contributed by atoms with Gasteiger partial charge >= 0.3 is 0 Å². The first-order chi connectivity index (χ1) is 16.5. The fourth-order valence-electron chi connectivity index (χ4n) is 3.51. The number of azo groups is 1. The van der Waals surface area contributed by atoms with Crippen molar-refractivity contribution in [3.05, 3.63) is 89.0 Å². The van der Waals surface area contributed by atoms with E-state index in [1.807, 2.05) is 0 Å². The first kappa shape index (κ1) is 21.5. The molecule has 10 heteroatoms. The van der Waals surface area contributed by atoms with E-state index >= 15 is 0 Å². The maximum atomic E-state index is 13.8. The number of carbonyl (C=O) groups excluding carboxylic acids is 1. The molecular formula is C24H16FN5O3S. The number of thioether (sulfide) groups is 1. The quantitative estimate of drug-likeness (QED) is 0.209. The number of nitrogens with zero attached hydrogens (tertiary/aromatic N) is 4. The lowest BCUT2D eigenvalue weighted by Crippen LogP contribution is -2.22. The topological polar surface area (TPSA) is 113 Å². The molecule has 0 fully saturated rings. The van der Waals surface area contributed by atoms with Gasteiger partial charge in [-0.15, -0.1) is 10.2 Å². The van der Waals surface area contributed by atoms with Crippen LogP contribution in [0.5, 0.6) is 5.88 Å². The van der Waals surface area contributed by atoms with Gasteiger partial charge in [0, 0.05) is 5.39 Å². The maximum absolute atomic E-state index is 13.8. The fraction of sp³-hybridized carbons (Fsp3) is 0.0417. The molecule has 5 aromatic rings. The summed E-state index contributed by atoms with van der Waals surface area (Å²) in [5.41, 5.74) is 1.24. The summed E-state index contributed by atoms with van der Waals surface area (Å²) in [5, 5.41) is 18.7. The van der Waals surface area contributed by atoms with Crippen molar-refractivity contribution in [2.24, 2.45) is 10.2 Å². The number of aromatic nitrogens is 3. The molecule has 0 aliphatic carbocycles. The van der Waals surface area contributed by atoms with Crippen molar-refractivity contribution in [3.63, 3.8) is 0 Å². The number of fused-ring (bicyclic) bond motifs is 2. The average molecular weight is 473 g/mol. The zero-order chi connectivity index (χ0) is 23.7. The van der Waals surface area contributed by atoms with Crippen LogP contribution in [0.4, 0.5) is 10.1 Å². The van der Waals surface area contributed by atoms with E-state index in [2.05, 4.69) is 20.2 Å². The molecule has 0 spiro atoms. The smallest absolute Gasteiger partial charge is 0.275 e. The third kappa shape index (κ3) is 4.06. The lowest BCUT2D eigenvalue weighted by molar-refractivity contribution is -0.115. The zero-order valence-electron chi connectivity index (χ0n) is 17.5. The molecule has 3 aromatic carbocycles. The van der Waals surface area contributed by atoms with Crippen LogP contribution in [0.2, 0.25) is 0 Å². The number of halogens is 1. The van der Waals surface area contributed by atoms with Gasteiger partial charge in [0.25, 0.3) is 11.5 Å². The number of amides is 1. The molecule has 8 nitrogen and oxygen atoms in total. The van der Waals surface area contributed by atoms with Crippen molar-refractivity contribution in [1.82, 2.24) is 14.5 Å². The van der Waals surface area contributed by atoms with E-state index in [0.717, 1.165) is 17.8 Å². The highest BCUT2D eigenvalue weighted by Crippen LogP contribution is 2.35. The van der Waals surface area contributed by atoms with Crippen LogP contribution in [0.3, 0.4) is 0 Å². The third-order valence-electron chi connectivity index (χ3n) is 5.06. The summed E-state index contributed by atoms with van der Waals surface area (Å²) in [7, 11) is 0. The Balaban J connectivity index is 1.46. The normalized spacial score (nSPS) is 11.6. The predicted molar refractivity (Wildman–Crippen MR) is 128 cm³/mol. The molecule has 0 saturated carbocycles. The van der Waals surface area contributed by atoms with E-state index in [0.29, 0.717) is 22.1 Å². The van der Waals surface area contributed by atoms with E-state index in [4.69, 9.17) is 0 Å². The highest BCUT2D eigenvalue weighted by Gasteiger charge is 2.16. The zero-order valence-corrected chi connectivity index (χ0v) is 18.3. The number of aromatic hydroxyl groups is 1. The molecule has 0 atom stereocenters. The molecule has 2 aromatic heterocycles. The van der Waals surface area contributed by atoms with E-state index in [-0.39, 0.29) is 27.9 Å². The van der Waals surface area contributed by atoms with Gasteiger partial charge < -0.3 is 10.1 Å². The molecule has 0 saturated heterocycles. The number of H-pyrrole nitrogens is 1. The van der Waals surface area contributed by atoms with Crippen molar-refractivity contribution in [2.75, 3.05) is 5.75 Å². The molecule has 34 heavy (non-hydrogen) atoms. The Hall–Kier alpha value is -4.31. The lowest BCUT2D eigenvalue weighted by Gasteiger charge is -2.12. The largest absolute Gasteiger partial charge is 0.493 e. The Morgan fingerprint density at radius 2 is 1.82 bits per heavy atom. The van der Waals surface area contributed by atoms with Gasteiger partial charge in [-0.3, -0.25) is 14.2 Å². The number of rotatable bonds is 5. The number of aromatic amines is 1. The summed E-state index contributed by atoms with van der Waals surface area (Å²) in [5.74, 6) is -1.46. The van der Waals surface area contributed by atoms with Gasteiger partial charge in [-0.25, -0.2) is 9.37 Å². The summed E-state index contributed by atoms with van der Waals surface area (Å²) in [6, 6.07) is 19.7. The van der Waals surface area contributed by atoms with E-state index in [9.17, 15) is 19.1 Å². The van der Waals surface area contributed by atoms with Gasteiger partial charge in [0.2, 0.25) is 5.88 Å². The monoisotopic (exact) mass is 473 g/mol. The first-order valence-corrected chi connectivity index (χ1v) is 11.1. The van der Waals surface area contributed by atoms with Crippen molar-refractivity contribution >= 4 is 45.2 Å². The molecular weight excluding hydrogens is 457 g/mol. The summed E-state index contributed by atoms with van der Waals surface area (Å²) in [6.45, 7) is 0. The third-order valence-corrected chi connectivity index (χ3v) is 5.98. The van der Waals surface area contributed by atoms with Crippen molar-refractivity contribution in [3.8, 4) is 11.6 Å². The highest BCUT2D eigenvalue weighted by molar-refractivity contribution is 7.99. The number of carbonyl (C=O) groups is 1. The summed E-state index contributed by atoms with van der Waals surface area (Å²) < 4.78 is 15.1. The number of nitrogens with one attached hydrogen (secondary N) is 1. The Bertz CT molecular complexity index is 1630. The maximum Gasteiger partial charge on any atom is 0.275 e. The Morgan fingerprint density at radius 1 is 1.06 bits per heavy atom. The minimum Gasteiger partial charge on any atom is -0.493 e.